The Labute approximate surface area is 53.6 Å². The van der Waals surface area contributed by atoms with E-state index in [0.29, 0.717) is 5.88 Å². The molecule has 0 saturated heterocycles. The molecule has 0 aromatic heterocycles. The third kappa shape index (κ3) is 5.44. The summed E-state index contributed by atoms with van der Waals surface area (Å²) in [6.45, 7) is 0. The lowest BCUT2D eigenvalue weighted by molar-refractivity contribution is -0.104. The van der Waals surface area contributed by atoms with Crippen LogP contribution in [0.2, 0.25) is 0 Å². The molecule has 0 rings (SSSR count). The predicted octanol–water partition coefficient (Wildman–Crippen LogP) is 1.54. The van der Waals surface area contributed by atoms with Crippen molar-refractivity contribution in [2.75, 3.05) is 5.88 Å². The van der Waals surface area contributed by atoms with Crippen LogP contribution in [0.1, 0.15) is 0 Å². The van der Waals surface area contributed by atoms with Crippen LogP contribution in [0.4, 0.5) is 0 Å². The lowest BCUT2D eigenvalue weighted by atomic mass is 10.5. The molecule has 2 heteroatoms. The molecule has 0 unspecified atom stereocenters. The molecule has 8 heavy (non-hydrogen) atoms. The Balaban J connectivity index is 3.26. The van der Waals surface area contributed by atoms with Crippen LogP contribution in [0.15, 0.2) is 24.3 Å². The van der Waals surface area contributed by atoms with Gasteiger partial charge in [-0.1, -0.05) is 18.2 Å². The zero-order chi connectivity index (χ0) is 6.24. The summed E-state index contributed by atoms with van der Waals surface area (Å²) in [6.07, 6.45) is 7.24. The van der Waals surface area contributed by atoms with Crippen molar-refractivity contribution in [3.8, 4) is 0 Å². The van der Waals surface area contributed by atoms with E-state index in [9.17, 15) is 4.79 Å². The van der Waals surface area contributed by atoms with Crippen LogP contribution >= 0.6 is 11.6 Å². The van der Waals surface area contributed by atoms with Gasteiger partial charge in [-0.2, -0.15) is 0 Å². The lowest BCUT2D eigenvalue weighted by Gasteiger charge is -1.68. The standard InChI is InChI=1S/C6H7ClO/c7-5-3-1-2-4-6-8/h1-4,6H,5H2/b3-1+,4-2+. The first-order chi connectivity index (χ1) is 3.91. The highest BCUT2D eigenvalue weighted by atomic mass is 35.5. The molecule has 0 bridgehead atoms. The van der Waals surface area contributed by atoms with Crippen molar-refractivity contribution in [2.24, 2.45) is 0 Å². The average Bonchev–Trinajstić information content (AvgIpc) is 1.81. The van der Waals surface area contributed by atoms with E-state index < -0.39 is 0 Å². The fourth-order valence-corrected chi connectivity index (χ4v) is 0.342. The van der Waals surface area contributed by atoms with E-state index >= 15 is 0 Å². The maximum Gasteiger partial charge on any atom is 0.142 e. The molecule has 0 aliphatic carbocycles. The van der Waals surface area contributed by atoms with Gasteiger partial charge in [-0.3, -0.25) is 4.79 Å². The third-order valence-corrected chi connectivity index (χ3v) is 0.704. The number of carbonyl (C=O) groups excluding carboxylic acids is 1. The van der Waals surface area contributed by atoms with Gasteiger partial charge in [-0.05, 0) is 6.08 Å². The number of halogens is 1. The number of aldehydes is 1. The molecule has 0 aromatic rings. The van der Waals surface area contributed by atoms with Crippen molar-refractivity contribution < 1.29 is 4.79 Å². The highest BCUT2D eigenvalue weighted by molar-refractivity contribution is 6.18. The molecule has 0 radical (unpaired) electrons. The molecule has 0 spiro atoms. The van der Waals surface area contributed by atoms with Gasteiger partial charge in [0.15, 0.2) is 0 Å². The summed E-state index contributed by atoms with van der Waals surface area (Å²) < 4.78 is 0. The molecular weight excluding hydrogens is 124 g/mol. The molecule has 44 valence electrons. The van der Waals surface area contributed by atoms with Crippen LogP contribution in [0.5, 0.6) is 0 Å². The molecular formula is C6H7ClO. The second-order valence-corrected chi connectivity index (χ2v) is 1.41. The van der Waals surface area contributed by atoms with Crippen molar-refractivity contribution in [3.63, 3.8) is 0 Å². The van der Waals surface area contributed by atoms with Crippen LogP contribution in [0.3, 0.4) is 0 Å². The van der Waals surface area contributed by atoms with Gasteiger partial charge in [0.1, 0.15) is 6.29 Å². The minimum absolute atomic E-state index is 0.489. The highest BCUT2D eigenvalue weighted by Crippen LogP contribution is 1.78. The quantitative estimate of drug-likeness (QED) is 0.245. The summed E-state index contributed by atoms with van der Waals surface area (Å²) in [4.78, 5) is 9.61. The van der Waals surface area contributed by atoms with E-state index in [1.165, 1.54) is 6.08 Å². The number of alkyl halides is 1. The van der Waals surface area contributed by atoms with E-state index in [4.69, 9.17) is 11.6 Å². The van der Waals surface area contributed by atoms with Crippen LogP contribution in [0.25, 0.3) is 0 Å². The summed E-state index contributed by atoms with van der Waals surface area (Å²) in [5, 5.41) is 0. The average molecular weight is 131 g/mol. The van der Waals surface area contributed by atoms with Gasteiger partial charge in [0.05, 0.1) is 0 Å². The second kappa shape index (κ2) is 6.44. The lowest BCUT2D eigenvalue weighted by Crippen LogP contribution is -1.58. The number of rotatable bonds is 3. The first-order valence-corrected chi connectivity index (χ1v) is 2.78. The normalized spacial score (nSPS) is 11.1. The Kier molecular flexibility index (Phi) is 5.99. The van der Waals surface area contributed by atoms with E-state index in [1.807, 2.05) is 0 Å². The molecule has 0 saturated carbocycles. The largest absolute Gasteiger partial charge is 0.299 e. The van der Waals surface area contributed by atoms with Crippen LogP contribution < -0.4 is 0 Å². The van der Waals surface area contributed by atoms with Crippen LogP contribution in [-0.4, -0.2) is 12.2 Å². The molecule has 0 aromatic carbocycles. The van der Waals surface area contributed by atoms with Crippen molar-refractivity contribution in [3.05, 3.63) is 24.3 Å². The number of allylic oxidation sites excluding steroid dienone is 4. The molecule has 1 nitrogen and oxygen atoms in total. The monoisotopic (exact) mass is 130 g/mol. The topological polar surface area (TPSA) is 17.1 Å². The van der Waals surface area contributed by atoms with Gasteiger partial charge in [-0.25, -0.2) is 0 Å². The smallest absolute Gasteiger partial charge is 0.142 e. The SMILES string of the molecule is O=C/C=C/C=C/CCl. The van der Waals surface area contributed by atoms with Gasteiger partial charge >= 0.3 is 0 Å². The zero-order valence-electron chi connectivity index (χ0n) is 4.38. The summed E-state index contributed by atoms with van der Waals surface area (Å²) in [5.41, 5.74) is 0. The summed E-state index contributed by atoms with van der Waals surface area (Å²) in [5.74, 6) is 0.489. The van der Waals surface area contributed by atoms with Crippen molar-refractivity contribution in [2.45, 2.75) is 0 Å². The molecule has 0 N–H and O–H groups in total. The van der Waals surface area contributed by atoms with E-state index in [1.54, 1.807) is 18.2 Å². The predicted molar refractivity (Wildman–Crippen MR) is 35.1 cm³/mol. The van der Waals surface area contributed by atoms with E-state index in [2.05, 4.69) is 0 Å². The van der Waals surface area contributed by atoms with Gasteiger partial charge < -0.3 is 0 Å². The molecule has 0 heterocycles. The summed E-state index contributed by atoms with van der Waals surface area (Å²) in [7, 11) is 0. The fourth-order valence-electron chi connectivity index (χ4n) is 0.240. The number of hydrogen-bond donors (Lipinski definition) is 0. The van der Waals surface area contributed by atoms with E-state index in [-0.39, 0.29) is 0 Å². The summed E-state index contributed by atoms with van der Waals surface area (Å²) >= 11 is 5.27. The fraction of sp³-hybridized carbons (Fsp3) is 0.167. The minimum atomic E-state index is 0.489. The zero-order valence-corrected chi connectivity index (χ0v) is 5.14. The molecule has 0 atom stereocenters. The van der Waals surface area contributed by atoms with Crippen molar-refractivity contribution in [1.82, 2.24) is 0 Å². The third-order valence-electron chi connectivity index (χ3n) is 0.526. The Morgan fingerprint density at radius 3 is 2.50 bits per heavy atom. The first kappa shape index (κ1) is 7.44. The Morgan fingerprint density at radius 2 is 2.00 bits per heavy atom. The minimum Gasteiger partial charge on any atom is -0.299 e. The Bertz CT molecular complexity index is 105. The molecule has 0 amide bonds. The first-order valence-electron chi connectivity index (χ1n) is 2.24. The highest BCUT2D eigenvalue weighted by Gasteiger charge is 1.62. The van der Waals surface area contributed by atoms with Crippen LogP contribution in [0, 0.1) is 0 Å². The molecule has 0 aliphatic rings. The number of hydrogen-bond acceptors (Lipinski definition) is 1. The van der Waals surface area contributed by atoms with Gasteiger partial charge in [0.25, 0.3) is 0 Å². The van der Waals surface area contributed by atoms with Gasteiger partial charge in [-0.15, -0.1) is 11.6 Å². The van der Waals surface area contributed by atoms with Crippen molar-refractivity contribution in [1.29, 1.82) is 0 Å². The Hall–Kier alpha value is -0.560. The second-order valence-electron chi connectivity index (χ2n) is 1.10. The van der Waals surface area contributed by atoms with Gasteiger partial charge in [0, 0.05) is 5.88 Å². The Morgan fingerprint density at radius 1 is 1.25 bits per heavy atom. The van der Waals surface area contributed by atoms with Gasteiger partial charge in [0.2, 0.25) is 0 Å². The molecule has 0 aliphatic heterocycles. The van der Waals surface area contributed by atoms with Crippen LogP contribution in [-0.2, 0) is 4.79 Å². The number of carbonyl (C=O) groups is 1. The van der Waals surface area contributed by atoms with Crippen molar-refractivity contribution >= 4 is 17.9 Å². The van der Waals surface area contributed by atoms with E-state index in [0.717, 1.165) is 6.29 Å². The maximum absolute atomic E-state index is 9.61. The molecule has 0 fully saturated rings. The summed E-state index contributed by atoms with van der Waals surface area (Å²) in [6, 6.07) is 0. The maximum atomic E-state index is 9.61.